The van der Waals surface area contributed by atoms with Gasteiger partial charge in [-0.2, -0.15) is 0 Å². The fourth-order valence-electron chi connectivity index (χ4n) is 0.969. The van der Waals surface area contributed by atoms with Crippen molar-refractivity contribution in [2.24, 2.45) is 0 Å². The SMILES string of the molecule is CS/C=C/C=C\C1=CC=CC(=N)C1=O. The van der Waals surface area contributed by atoms with E-state index in [0.29, 0.717) is 5.57 Å². The lowest BCUT2D eigenvalue weighted by Crippen LogP contribution is -2.14. The van der Waals surface area contributed by atoms with E-state index in [1.54, 1.807) is 36.1 Å². The van der Waals surface area contributed by atoms with E-state index in [9.17, 15) is 4.79 Å². The van der Waals surface area contributed by atoms with Crippen molar-refractivity contribution in [1.82, 2.24) is 0 Å². The third-order valence-corrected chi connectivity index (χ3v) is 2.08. The average molecular weight is 205 g/mol. The zero-order valence-electron chi connectivity index (χ0n) is 7.86. The predicted octanol–water partition coefficient (Wildman–Crippen LogP) is 2.50. The van der Waals surface area contributed by atoms with Gasteiger partial charge in [-0.05, 0) is 17.7 Å². The van der Waals surface area contributed by atoms with Gasteiger partial charge in [0.05, 0.1) is 0 Å². The summed E-state index contributed by atoms with van der Waals surface area (Å²) in [6.07, 6.45) is 12.3. The van der Waals surface area contributed by atoms with E-state index in [0.717, 1.165) is 0 Å². The predicted molar refractivity (Wildman–Crippen MR) is 61.8 cm³/mol. The first-order valence-corrected chi connectivity index (χ1v) is 5.42. The number of nitrogens with one attached hydrogen (secondary N) is 1. The highest BCUT2D eigenvalue weighted by Crippen LogP contribution is 2.07. The Labute approximate surface area is 87.6 Å². The molecule has 14 heavy (non-hydrogen) atoms. The van der Waals surface area contributed by atoms with Crippen LogP contribution in [0.2, 0.25) is 0 Å². The molecule has 0 unspecified atom stereocenters. The molecule has 0 saturated carbocycles. The Morgan fingerprint density at radius 3 is 2.93 bits per heavy atom. The van der Waals surface area contributed by atoms with Gasteiger partial charge in [-0.3, -0.25) is 10.2 Å². The average Bonchev–Trinajstić information content (AvgIpc) is 2.19. The summed E-state index contributed by atoms with van der Waals surface area (Å²) >= 11 is 1.60. The second-order valence-electron chi connectivity index (χ2n) is 2.65. The molecular weight excluding hydrogens is 194 g/mol. The molecule has 3 heteroatoms. The molecule has 0 saturated heterocycles. The molecule has 0 aromatic rings. The number of carbonyl (C=O) groups excluding carboxylic acids is 1. The van der Waals surface area contributed by atoms with E-state index in [-0.39, 0.29) is 11.5 Å². The van der Waals surface area contributed by atoms with Crippen molar-refractivity contribution in [3.63, 3.8) is 0 Å². The highest BCUT2D eigenvalue weighted by atomic mass is 32.2. The maximum Gasteiger partial charge on any atom is 0.210 e. The summed E-state index contributed by atoms with van der Waals surface area (Å²) in [5.41, 5.74) is 0.601. The fourth-order valence-corrected chi connectivity index (χ4v) is 1.22. The topological polar surface area (TPSA) is 40.9 Å². The molecule has 0 bridgehead atoms. The van der Waals surface area contributed by atoms with E-state index >= 15 is 0 Å². The summed E-state index contributed by atoms with van der Waals surface area (Å²) < 4.78 is 0. The van der Waals surface area contributed by atoms with Crippen LogP contribution < -0.4 is 0 Å². The maximum absolute atomic E-state index is 11.4. The lowest BCUT2D eigenvalue weighted by atomic mass is 10.0. The van der Waals surface area contributed by atoms with Crippen LogP contribution in [0.1, 0.15) is 0 Å². The van der Waals surface area contributed by atoms with Gasteiger partial charge in [-0.1, -0.05) is 30.4 Å². The van der Waals surface area contributed by atoms with Crippen molar-refractivity contribution in [3.05, 3.63) is 47.4 Å². The van der Waals surface area contributed by atoms with Crippen LogP contribution in [0.3, 0.4) is 0 Å². The Balaban J connectivity index is 2.69. The maximum atomic E-state index is 11.4. The molecule has 0 heterocycles. The summed E-state index contributed by atoms with van der Waals surface area (Å²) in [6, 6.07) is 0. The molecule has 0 fully saturated rings. The Hall–Kier alpha value is -1.35. The molecule has 0 radical (unpaired) electrons. The Morgan fingerprint density at radius 1 is 1.43 bits per heavy atom. The van der Waals surface area contributed by atoms with Crippen LogP contribution >= 0.6 is 11.8 Å². The molecule has 72 valence electrons. The number of hydrogen-bond donors (Lipinski definition) is 1. The number of thioether (sulfide) groups is 1. The van der Waals surface area contributed by atoms with Gasteiger partial charge in [0.15, 0.2) is 0 Å². The van der Waals surface area contributed by atoms with Gasteiger partial charge in [0.25, 0.3) is 0 Å². The first-order valence-electron chi connectivity index (χ1n) is 4.13. The quantitative estimate of drug-likeness (QED) is 0.568. The number of hydrogen-bond acceptors (Lipinski definition) is 3. The monoisotopic (exact) mass is 205 g/mol. The zero-order chi connectivity index (χ0) is 10.4. The summed E-state index contributed by atoms with van der Waals surface area (Å²) in [4.78, 5) is 11.4. The van der Waals surface area contributed by atoms with E-state index in [1.165, 1.54) is 6.08 Å². The summed E-state index contributed by atoms with van der Waals surface area (Å²) in [5.74, 6) is -0.221. The highest BCUT2D eigenvalue weighted by Gasteiger charge is 2.12. The summed E-state index contributed by atoms with van der Waals surface area (Å²) in [7, 11) is 0. The molecule has 1 aliphatic rings. The van der Waals surface area contributed by atoms with Gasteiger partial charge in [-0.15, -0.1) is 11.8 Å². The minimum Gasteiger partial charge on any atom is -0.297 e. The molecule has 2 nitrogen and oxygen atoms in total. The molecule has 1 rings (SSSR count). The second kappa shape index (κ2) is 5.40. The van der Waals surface area contributed by atoms with Crippen LogP contribution in [0.15, 0.2) is 47.4 Å². The summed E-state index contributed by atoms with van der Waals surface area (Å²) in [6.45, 7) is 0. The van der Waals surface area contributed by atoms with Crippen LogP contribution in [-0.4, -0.2) is 17.8 Å². The van der Waals surface area contributed by atoms with Gasteiger partial charge in [0, 0.05) is 5.57 Å². The van der Waals surface area contributed by atoms with Crippen molar-refractivity contribution < 1.29 is 4.79 Å². The van der Waals surface area contributed by atoms with Gasteiger partial charge in [0.1, 0.15) is 5.71 Å². The molecule has 0 spiro atoms. The molecule has 0 aromatic heterocycles. The zero-order valence-corrected chi connectivity index (χ0v) is 8.67. The van der Waals surface area contributed by atoms with E-state index in [4.69, 9.17) is 5.41 Å². The standard InChI is InChI=1S/C11H11NOS/c1-14-8-3-2-5-9-6-4-7-10(12)11(9)13/h2-8,12H,1H3/b5-2-,8-3+,12-10?. The van der Waals surface area contributed by atoms with Crippen molar-refractivity contribution in [2.75, 3.05) is 6.26 Å². The fraction of sp³-hybridized carbons (Fsp3) is 0.0909. The van der Waals surface area contributed by atoms with Crippen LogP contribution in [0.4, 0.5) is 0 Å². The van der Waals surface area contributed by atoms with Gasteiger partial charge in [0.2, 0.25) is 5.78 Å². The van der Waals surface area contributed by atoms with Crippen molar-refractivity contribution in [1.29, 1.82) is 5.41 Å². The van der Waals surface area contributed by atoms with Gasteiger partial charge in [-0.25, -0.2) is 0 Å². The molecule has 0 amide bonds. The Morgan fingerprint density at radius 2 is 2.21 bits per heavy atom. The van der Waals surface area contributed by atoms with Crippen LogP contribution in [0.25, 0.3) is 0 Å². The third-order valence-electron chi connectivity index (χ3n) is 1.65. The Kier molecular flexibility index (Phi) is 4.13. The highest BCUT2D eigenvalue weighted by molar-refractivity contribution is 8.01. The molecule has 0 aromatic carbocycles. The number of carbonyl (C=O) groups is 1. The first kappa shape index (κ1) is 10.7. The smallest absolute Gasteiger partial charge is 0.210 e. The van der Waals surface area contributed by atoms with Gasteiger partial charge >= 0.3 is 0 Å². The van der Waals surface area contributed by atoms with Gasteiger partial charge < -0.3 is 0 Å². The number of rotatable bonds is 3. The first-order chi connectivity index (χ1) is 6.75. The number of ketones is 1. The normalized spacial score (nSPS) is 17.1. The van der Waals surface area contributed by atoms with Crippen molar-refractivity contribution in [2.45, 2.75) is 0 Å². The molecule has 0 atom stereocenters. The molecule has 0 aliphatic heterocycles. The van der Waals surface area contributed by atoms with E-state index in [1.807, 2.05) is 17.7 Å². The molecular formula is C11H11NOS. The van der Waals surface area contributed by atoms with Crippen LogP contribution in [-0.2, 0) is 4.79 Å². The van der Waals surface area contributed by atoms with E-state index < -0.39 is 0 Å². The van der Waals surface area contributed by atoms with Crippen molar-refractivity contribution >= 4 is 23.3 Å². The third kappa shape index (κ3) is 2.85. The lowest BCUT2D eigenvalue weighted by Gasteiger charge is -2.02. The number of allylic oxidation sites excluding steroid dienone is 7. The van der Waals surface area contributed by atoms with Crippen LogP contribution in [0, 0.1) is 5.41 Å². The largest absolute Gasteiger partial charge is 0.297 e. The molecule has 1 N–H and O–H groups in total. The van der Waals surface area contributed by atoms with Crippen LogP contribution in [0.5, 0.6) is 0 Å². The second-order valence-corrected chi connectivity index (χ2v) is 3.39. The minimum atomic E-state index is -0.221. The summed E-state index contributed by atoms with van der Waals surface area (Å²) in [5, 5.41) is 9.23. The number of Topliss-reactive ketones (excluding diaryl/α,β-unsaturated/α-hetero) is 1. The van der Waals surface area contributed by atoms with E-state index in [2.05, 4.69) is 0 Å². The minimum absolute atomic E-state index is 0.0426. The lowest BCUT2D eigenvalue weighted by molar-refractivity contribution is -0.109. The Bertz CT molecular complexity index is 361. The van der Waals surface area contributed by atoms with Crippen molar-refractivity contribution in [3.8, 4) is 0 Å². The molecule has 1 aliphatic carbocycles.